The van der Waals surface area contributed by atoms with E-state index < -0.39 is 6.67 Å². The van der Waals surface area contributed by atoms with Crippen LogP contribution in [-0.4, -0.2) is 25.9 Å². The molecule has 1 aromatic rings. The third kappa shape index (κ3) is 3.38. The minimum atomic E-state index is -0.468. The second kappa shape index (κ2) is 5.94. The van der Waals surface area contributed by atoms with Gasteiger partial charge in [0.05, 0.1) is 13.2 Å². The quantitative estimate of drug-likeness (QED) is 0.869. The molecule has 1 aliphatic rings. The van der Waals surface area contributed by atoms with Crippen LogP contribution >= 0.6 is 0 Å². The van der Waals surface area contributed by atoms with E-state index in [1.165, 1.54) is 11.1 Å². The van der Waals surface area contributed by atoms with E-state index in [9.17, 15) is 4.39 Å². The van der Waals surface area contributed by atoms with E-state index in [0.717, 1.165) is 18.6 Å². The lowest BCUT2D eigenvalue weighted by Crippen LogP contribution is -2.24. The van der Waals surface area contributed by atoms with Crippen LogP contribution in [0, 0.1) is 0 Å². The zero-order valence-electron chi connectivity index (χ0n) is 9.86. The van der Waals surface area contributed by atoms with Gasteiger partial charge >= 0.3 is 0 Å². The molecule has 3 heteroatoms. The average molecular weight is 235 g/mol. The summed E-state index contributed by atoms with van der Waals surface area (Å²) in [6.45, 7) is 1.02. The Morgan fingerprint density at radius 3 is 2.65 bits per heavy atom. The molecule has 0 saturated carbocycles. The van der Waals surface area contributed by atoms with Crippen molar-refractivity contribution in [1.82, 2.24) is 0 Å². The first kappa shape index (κ1) is 12.3. The first-order valence-electron chi connectivity index (χ1n) is 5.97. The maximum Gasteiger partial charge on any atom is 0.105 e. The minimum absolute atomic E-state index is 0.386. The second-order valence-electron chi connectivity index (χ2n) is 4.37. The Balaban J connectivity index is 2.04. The molecule has 2 nitrogen and oxygen atoms in total. The number of hydrogen-bond donors (Lipinski definition) is 1. The fraction of sp³-hybridized carbons (Fsp3) is 0.429. The molecular weight excluding hydrogens is 217 g/mol. The lowest BCUT2D eigenvalue weighted by molar-refractivity contribution is 0.161. The largest absolute Gasteiger partial charge is 0.377 e. The summed E-state index contributed by atoms with van der Waals surface area (Å²) in [7, 11) is 0. The van der Waals surface area contributed by atoms with Crippen molar-refractivity contribution in [3.05, 3.63) is 41.5 Å². The summed E-state index contributed by atoms with van der Waals surface area (Å²) >= 11 is 0. The predicted molar refractivity (Wildman–Crippen MR) is 67.5 cm³/mol. The van der Waals surface area contributed by atoms with Crippen molar-refractivity contribution in [2.24, 2.45) is 5.73 Å². The van der Waals surface area contributed by atoms with Gasteiger partial charge in [0, 0.05) is 6.04 Å². The van der Waals surface area contributed by atoms with Gasteiger partial charge in [-0.1, -0.05) is 30.3 Å². The van der Waals surface area contributed by atoms with Gasteiger partial charge in [0.15, 0.2) is 0 Å². The van der Waals surface area contributed by atoms with E-state index in [1.54, 1.807) is 0 Å². The Morgan fingerprint density at radius 2 is 2.06 bits per heavy atom. The molecule has 1 aliphatic heterocycles. The van der Waals surface area contributed by atoms with Gasteiger partial charge in [0.1, 0.15) is 6.67 Å². The molecule has 0 saturated heterocycles. The number of nitrogens with two attached hydrogens (primary N) is 1. The van der Waals surface area contributed by atoms with Crippen LogP contribution in [-0.2, 0) is 11.2 Å². The Hall–Kier alpha value is -1.19. The molecule has 0 aliphatic carbocycles. The number of rotatable bonds is 4. The molecule has 1 unspecified atom stereocenters. The van der Waals surface area contributed by atoms with Crippen LogP contribution in [0.25, 0.3) is 5.57 Å². The van der Waals surface area contributed by atoms with Gasteiger partial charge in [-0.15, -0.1) is 0 Å². The summed E-state index contributed by atoms with van der Waals surface area (Å²) in [5.41, 5.74) is 9.23. The van der Waals surface area contributed by atoms with Gasteiger partial charge in [0.2, 0.25) is 0 Å². The van der Waals surface area contributed by atoms with Crippen LogP contribution in [0.3, 0.4) is 0 Å². The first-order chi connectivity index (χ1) is 8.29. The molecule has 0 radical (unpaired) electrons. The van der Waals surface area contributed by atoms with E-state index in [1.807, 2.05) is 12.1 Å². The maximum absolute atomic E-state index is 12.3. The highest BCUT2D eigenvalue weighted by molar-refractivity contribution is 5.66. The number of hydrogen-bond acceptors (Lipinski definition) is 2. The molecule has 1 heterocycles. The van der Waals surface area contributed by atoms with Crippen LogP contribution < -0.4 is 5.73 Å². The van der Waals surface area contributed by atoms with Crippen LogP contribution in [0.1, 0.15) is 17.5 Å². The van der Waals surface area contributed by atoms with Crippen LogP contribution in [0.4, 0.5) is 4.39 Å². The highest BCUT2D eigenvalue weighted by Crippen LogP contribution is 2.21. The zero-order chi connectivity index (χ0) is 12.1. The number of ether oxygens (including phenoxy) is 1. The van der Waals surface area contributed by atoms with E-state index in [4.69, 9.17) is 10.5 Å². The predicted octanol–water partition coefficient (Wildman–Crippen LogP) is 2.33. The van der Waals surface area contributed by atoms with Crippen molar-refractivity contribution in [1.29, 1.82) is 0 Å². The number of halogens is 1. The third-order valence-electron chi connectivity index (χ3n) is 2.98. The molecule has 0 amide bonds. The highest BCUT2D eigenvalue weighted by Gasteiger charge is 2.07. The van der Waals surface area contributed by atoms with Crippen molar-refractivity contribution in [3.8, 4) is 0 Å². The molecule has 17 heavy (non-hydrogen) atoms. The summed E-state index contributed by atoms with van der Waals surface area (Å²) in [4.78, 5) is 0. The lowest BCUT2D eigenvalue weighted by atomic mass is 9.98. The molecule has 0 spiro atoms. The molecule has 2 rings (SSSR count). The average Bonchev–Trinajstić information content (AvgIpc) is 2.40. The van der Waals surface area contributed by atoms with Crippen molar-refractivity contribution >= 4 is 5.57 Å². The van der Waals surface area contributed by atoms with Gasteiger partial charge in [-0.05, 0) is 29.5 Å². The number of benzene rings is 1. The summed E-state index contributed by atoms with van der Waals surface area (Å²) < 4.78 is 17.6. The van der Waals surface area contributed by atoms with E-state index >= 15 is 0 Å². The normalized spacial score (nSPS) is 17.6. The highest BCUT2D eigenvalue weighted by atomic mass is 19.1. The fourth-order valence-corrected chi connectivity index (χ4v) is 2.00. The van der Waals surface area contributed by atoms with E-state index in [-0.39, 0.29) is 6.04 Å². The van der Waals surface area contributed by atoms with Crippen LogP contribution in [0.15, 0.2) is 30.3 Å². The van der Waals surface area contributed by atoms with Gasteiger partial charge in [-0.2, -0.15) is 0 Å². The molecular formula is C14H18FNO. The standard InChI is InChI=1S/C14H18FNO/c15-10-14(16)9-11-1-3-12(4-2-11)13-5-7-17-8-6-13/h1-5,14H,6-10,16H2. The molecule has 0 fully saturated rings. The first-order valence-corrected chi connectivity index (χ1v) is 5.97. The zero-order valence-corrected chi connectivity index (χ0v) is 9.86. The fourth-order valence-electron chi connectivity index (χ4n) is 2.00. The molecule has 0 aromatic heterocycles. The second-order valence-corrected chi connectivity index (χ2v) is 4.37. The van der Waals surface area contributed by atoms with Gasteiger partial charge < -0.3 is 10.5 Å². The number of alkyl halides is 1. The lowest BCUT2D eigenvalue weighted by Gasteiger charge is -2.14. The SMILES string of the molecule is NC(CF)Cc1ccc(C2=CCOCC2)cc1. The smallest absolute Gasteiger partial charge is 0.105 e. The van der Waals surface area contributed by atoms with E-state index in [0.29, 0.717) is 13.0 Å². The van der Waals surface area contributed by atoms with Crippen molar-refractivity contribution in [3.63, 3.8) is 0 Å². The molecule has 2 N–H and O–H groups in total. The topological polar surface area (TPSA) is 35.2 Å². The summed E-state index contributed by atoms with van der Waals surface area (Å²) in [5.74, 6) is 0. The van der Waals surface area contributed by atoms with Crippen molar-refractivity contribution < 1.29 is 9.13 Å². The Morgan fingerprint density at radius 1 is 1.29 bits per heavy atom. The van der Waals surface area contributed by atoms with Gasteiger partial charge in [-0.25, -0.2) is 4.39 Å². The Kier molecular flexibility index (Phi) is 4.29. The van der Waals surface area contributed by atoms with Crippen molar-refractivity contribution in [2.75, 3.05) is 19.9 Å². The molecule has 1 atom stereocenters. The summed E-state index contributed by atoms with van der Waals surface area (Å²) in [6.07, 6.45) is 3.67. The maximum atomic E-state index is 12.3. The molecule has 1 aromatic carbocycles. The van der Waals surface area contributed by atoms with Crippen LogP contribution in [0.5, 0.6) is 0 Å². The minimum Gasteiger partial charge on any atom is -0.377 e. The third-order valence-corrected chi connectivity index (χ3v) is 2.98. The summed E-state index contributed by atoms with van der Waals surface area (Å²) in [5, 5.41) is 0. The Labute approximate surface area is 101 Å². The Bertz CT molecular complexity index is 386. The monoisotopic (exact) mass is 235 g/mol. The summed E-state index contributed by atoms with van der Waals surface area (Å²) in [6, 6.07) is 7.83. The molecule has 92 valence electrons. The van der Waals surface area contributed by atoms with Crippen molar-refractivity contribution in [2.45, 2.75) is 18.9 Å². The van der Waals surface area contributed by atoms with Crippen LogP contribution in [0.2, 0.25) is 0 Å². The van der Waals surface area contributed by atoms with Gasteiger partial charge in [-0.3, -0.25) is 0 Å². The van der Waals surface area contributed by atoms with E-state index in [2.05, 4.69) is 18.2 Å². The molecule has 0 bridgehead atoms. The van der Waals surface area contributed by atoms with Gasteiger partial charge in [0.25, 0.3) is 0 Å².